The number of nitrogens with zero attached hydrogens (tertiary/aromatic N) is 3. The van der Waals surface area contributed by atoms with Crippen LogP contribution in [0.5, 0.6) is 5.75 Å². The van der Waals surface area contributed by atoms with Crippen molar-refractivity contribution in [1.82, 2.24) is 20.1 Å². The van der Waals surface area contributed by atoms with Crippen molar-refractivity contribution in [2.24, 2.45) is 5.92 Å². The summed E-state index contributed by atoms with van der Waals surface area (Å²) in [5, 5.41) is 10.8. The van der Waals surface area contributed by atoms with Gasteiger partial charge in [0.2, 0.25) is 0 Å². The number of hydrogen-bond donors (Lipinski definition) is 1. The standard InChI is InChI=1S/C15H24N4OS/c1-11(2)5-16-7-15-18-13(10-21-15)9-20-14-6-17-19(8-14)12(3)4/h6,8,10-12,16H,5,7,9H2,1-4H3. The van der Waals surface area contributed by atoms with Gasteiger partial charge in [-0.2, -0.15) is 5.10 Å². The highest BCUT2D eigenvalue weighted by molar-refractivity contribution is 7.09. The molecule has 2 heterocycles. The van der Waals surface area contributed by atoms with Gasteiger partial charge in [0.1, 0.15) is 11.6 Å². The zero-order valence-corrected chi connectivity index (χ0v) is 14.0. The molecule has 5 nitrogen and oxygen atoms in total. The van der Waals surface area contributed by atoms with E-state index in [1.54, 1.807) is 17.5 Å². The molecule has 2 aromatic rings. The van der Waals surface area contributed by atoms with Crippen molar-refractivity contribution in [1.29, 1.82) is 0 Å². The van der Waals surface area contributed by atoms with E-state index in [9.17, 15) is 0 Å². The van der Waals surface area contributed by atoms with Gasteiger partial charge in [0.15, 0.2) is 5.75 Å². The Morgan fingerprint density at radius 2 is 2.14 bits per heavy atom. The lowest BCUT2D eigenvalue weighted by atomic mass is 10.2. The molecule has 0 aliphatic rings. The number of ether oxygens (including phenoxy) is 1. The van der Waals surface area contributed by atoms with Crippen molar-refractivity contribution in [2.45, 2.75) is 46.9 Å². The molecule has 116 valence electrons. The van der Waals surface area contributed by atoms with E-state index in [1.807, 2.05) is 10.9 Å². The second-order valence-corrected chi connectivity index (χ2v) is 6.74. The largest absolute Gasteiger partial charge is 0.484 e. The molecule has 0 atom stereocenters. The molecule has 0 aliphatic carbocycles. The fraction of sp³-hybridized carbons (Fsp3) is 0.600. The summed E-state index contributed by atoms with van der Waals surface area (Å²) in [6.07, 6.45) is 3.67. The van der Waals surface area contributed by atoms with Crippen molar-refractivity contribution < 1.29 is 4.74 Å². The SMILES string of the molecule is CC(C)CNCc1nc(COc2cnn(C(C)C)c2)cs1. The van der Waals surface area contributed by atoms with Gasteiger partial charge in [-0.3, -0.25) is 4.68 Å². The minimum atomic E-state index is 0.347. The van der Waals surface area contributed by atoms with Crippen LogP contribution in [0.4, 0.5) is 0 Å². The monoisotopic (exact) mass is 308 g/mol. The van der Waals surface area contributed by atoms with Gasteiger partial charge in [0.25, 0.3) is 0 Å². The second-order valence-electron chi connectivity index (χ2n) is 5.80. The number of thiazole rings is 1. The molecule has 1 N–H and O–H groups in total. The first-order chi connectivity index (χ1) is 10.0. The Morgan fingerprint density at radius 3 is 2.81 bits per heavy atom. The highest BCUT2D eigenvalue weighted by Crippen LogP contribution is 2.16. The van der Waals surface area contributed by atoms with Crippen LogP contribution in [0, 0.1) is 5.92 Å². The molecular weight excluding hydrogens is 284 g/mol. The topological polar surface area (TPSA) is 52.0 Å². The smallest absolute Gasteiger partial charge is 0.157 e. The summed E-state index contributed by atoms with van der Waals surface area (Å²) in [4.78, 5) is 4.57. The predicted octanol–water partition coefficient (Wildman–Crippen LogP) is 3.25. The summed E-state index contributed by atoms with van der Waals surface area (Å²) < 4.78 is 7.61. The van der Waals surface area contributed by atoms with E-state index < -0.39 is 0 Å². The third kappa shape index (κ3) is 5.13. The van der Waals surface area contributed by atoms with Gasteiger partial charge in [0.05, 0.1) is 18.1 Å². The lowest BCUT2D eigenvalue weighted by Crippen LogP contribution is -2.18. The van der Waals surface area contributed by atoms with E-state index in [4.69, 9.17) is 4.74 Å². The van der Waals surface area contributed by atoms with Crippen LogP contribution >= 0.6 is 11.3 Å². The Hall–Kier alpha value is -1.40. The molecule has 21 heavy (non-hydrogen) atoms. The number of rotatable bonds is 8. The van der Waals surface area contributed by atoms with Gasteiger partial charge in [-0.1, -0.05) is 13.8 Å². The minimum Gasteiger partial charge on any atom is -0.484 e. The third-order valence-corrected chi connectivity index (χ3v) is 3.82. The van der Waals surface area contributed by atoms with E-state index in [0.717, 1.165) is 29.5 Å². The van der Waals surface area contributed by atoms with Crippen molar-refractivity contribution >= 4 is 11.3 Å². The molecule has 0 spiro atoms. The van der Waals surface area contributed by atoms with E-state index >= 15 is 0 Å². The molecule has 6 heteroatoms. The molecule has 0 radical (unpaired) electrons. The first-order valence-corrected chi connectivity index (χ1v) is 8.23. The Bertz CT molecular complexity index is 547. The first kappa shape index (κ1) is 16.0. The average Bonchev–Trinajstić information content (AvgIpc) is 3.04. The van der Waals surface area contributed by atoms with Gasteiger partial charge >= 0.3 is 0 Å². The van der Waals surface area contributed by atoms with Crippen molar-refractivity contribution in [2.75, 3.05) is 6.54 Å². The summed E-state index contributed by atoms with van der Waals surface area (Å²) >= 11 is 1.67. The summed E-state index contributed by atoms with van der Waals surface area (Å²) in [6.45, 7) is 10.9. The van der Waals surface area contributed by atoms with Crippen molar-refractivity contribution in [3.63, 3.8) is 0 Å². The quantitative estimate of drug-likeness (QED) is 0.813. The highest BCUT2D eigenvalue weighted by atomic mass is 32.1. The van der Waals surface area contributed by atoms with Gasteiger partial charge < -0.3 is 10.1 Å². The normalized spacial score (nSPS) is 11.5. The van der Waals surface area contributed by atoms with Crippen LogP contribution in [-0.4, -0.2) is 21.3 Å². The Morgan fingerprint density at radius 1 is 1.33 bits per heavy atom. The van der Waals surface area contributed by atoms with Gasteiger partial charge in [-0.05, 0) is 26.3 Å². The fourth-order valence-electron chi connectivity index (χ4n) is 1.80. The van der Waals surface area contributed by atoms with Crippen molar-refractivity contribution in [3.05, 3.63) is 28.5 Å². The second kappa shape index (κ2) is 7.56. The molecule has 2 aromatic heterocycles. The maximum absolute atomic E-state index is 5.72. The average molecular weight is 308 g/mol. The molecule has 0 bridgehead atoms. The lowest BCUT2D eigenvalue weighted by molar-refractivity contribution is 0.301. The van der Waals surface area contributed by atoms with E-state index in [2.05, 4.69) is 48.5 Å². The molecule has 0 unspecified atom stereocenters. The molecule has 0 aromatic carbocycles. The number of aromatic nitrogens is 3. The molecule has 0 saturated carbocycles. The zero-order chi connectivity index (χ0) is 15.2. The number of hydrogen-bond acceptors (Lipinski definition) is 5. The van der Waals surface area contributed by atoms with Crippen molar-refractivity contribution in [3.8, 4) is 5.75 Å². The van der Waals surface area contributed by atoms with E-state index in [-0.39, 0.29) is 0 Å². The van der Waals surface area contributed by atoms with Crippen LogP contribution in [0.25, 0.3) is 0 Å². The summed E-state index contributed by atoms with van der Waals surface area (Å²) in [5.41, 5.74) is 0.971. The summed E-state index contributed by atoms with van der Waals surface area (Å²) in [6, 6.07) is 0.347. The minimum absolute atomic E-state index is 0.347. The van der Waals surface area contributed by atoms with E-state index in [1.165, 1.54) is 0 Å². The Labute approximate surface area is 130 Å². The zero-order valence-electron chi connectivity index (χ0n) is 13.2. The molecule has 0 amide bonds. The molecule has 2 rings (SSSR count). The van der Waals surface area contributed by atoms with Crippen LogP contribution in [0.1, 0.15) is 44.4 Å². The summed E-state index contributed by atoms with van der Waals surface area (Å²) in [7, 11) is 0. The molecule has 0 saturated heterocycles. The van der Waals surface area contributed by atoms with Crippen LogP contribution < -0.4 is 10.1 Å². The Balaban J connectivity index is 1.79. The van der Waals surface area contributed by atoms with Crippen LogP contribution in [0.15, 0.2) is 17.8 Å². The molecule has 0 aliphatic heterocycles. The lowest BCUT2D eigenvalue weighted by Gasteiger charge is -2.04. The predicted molar refractivity (Wildman–Crippen MR) is 85.6 cm³/mol. The Kier molecular flexibility index (Phi) is 5.76. The number of nitrogens with one attached hydrogen (secondary N) is 1. The van der Waals surface area contributed by atoms with Crippen LogP contribution in [0.2, 0.25) is 0 Å². The third-order valence-electron chi connectivity index (χ3n) is 2.92. The molecule has 0 fully saturated rings. The van der Waals surface area contributed by atoms with E-state index in [0.29, 0.717) is 18.6 Å². The highest BCUT2D eigenvalue weighted by Gasteiger charge is 2.06. The van der Waals surface area contributed by atoms with Crippen LogP contribution in [0.3, 0.4) is 0 Å². The first-order valence-electron chi connectivity index (χ1n) is 7.35. The van der Waals surface area contributed by atoms with Gasteiger partial charge in [-0.25, -0.2) is 4.98 Å². The van der Waals surface area contributed by atoms with Gasteiger partial charge in [0, 0.05) is 18.0 Å². The maximum atomic E-state index is 5.72. The van der Waals surface area contributed by atoms with Gasteiger partial charge in [-0.15, -0.1) is 11.3 Å². The molecular formula is C15H24N4OS. The summed E-state index contributed by atoms with van der Waals surface area (Å²) in [5.74, 6) is 1.45. The van der Waals surface area contributed by atoms with Crippen LogP contribution in [-0.2, 0) is 13.2 Å². The fourth-order valence-corrected chi connectivity index (χ4v) is 2.55. The maximum Gasteiger partial charge on any atom is 0.157 e.